The fraction of sp³-hybridized carbons (Fsp3) is 1.00. The lowest BCUT2D eigenvalue weighted by molar-refractivity contribution is 0.115. The first kappa shape index (κ1) is 11.8. The number of rotatable bonds is 7. The van der Waals surface area contributed by atoms with Gasteiger partial charge in [0.25, 0.3) is 0 Å². The highest BCUT2D eigenvalue weighted by molar-refractivity contribution is 4.64. The van der Waals surface area contributed by atoms with E-state index in [1.165, 1.54) is 0 Å². The molecule has 0 aliphatic heterocycles. The molecular weight excluding hydrogens is 156 g/mol. The second kappa shape index (κ2) is 7.49. The summed E-state index contributed by atoms with van der Waals surface area (Å²) in [4.78, 5) is 0. The Kier molecular flexibility index (Phi) is 7.39. The number of methoxy groups -OCH3 is 2. The van der Waals surface area contributed by atoms with Crippen LogP contribution in [0, 0.1) is 0 Å². The van der Waals surface area contributed by atoms with Gasteiger partial charge in [0.2, 0.25) is 0 Å². The molecule has 0 bridgehead atoms. The van der Waals surface area contributed by atoms with E-state index in [-0.39, 0.29) is 12.1 Å². The van der Waals surface area contributed by atoms with E-state index in [4.69, 9.17) is 15.2 Å². The molecule has 0 radical (unpaired) electrons. The largest absolute Gasteiger partial charge is 0.383 e. The van der Waals surface area contributed by atoms with Gasteiger partial charge in [-0.25, -0.2) is 0 Å². The van der Waals surface area contributed by atoms with Crippen LogP contribution in [0.3, 0.4) is 0 Å². The molecule has 0 spiro atoms. The highest BCUT2D eigenvalue weighted by Crippen LogP contribution is 1.84. The summed E-state index contributed by atoms with van der Waals surface area (Å²) in [5.41, 5.74) is 5.68. The molecule has 3 N–H and O–H groups in total. The number of hydrogen-bond donors (Lipinski definition) is 2. The standard InChI is InChI=1S/C8H20N2O2/c1-7(12-3)4-10-5-8(9)6-11-2/h7-8,10H,4-6,9H2,1-3H3. The van der Waals surface area contributed by atoms with E-state index in [1.54, 1.807) is 14.2 Å². The molecule has 0 saturated heterocycles. The van der Waals surface area contributed by atoms with Crippen LogP contribution in [0.25, 0.3) is 0 Å². The highest BCUT2D eigenvalue weighted by Gasteiger charge is 2.02. The maximum absolute atomic E-state index is 5.68. The average molecular weight is 176 g/mol. The van der Waals surface area contributed by atoms with Gasteiger partial charge in [0.1, 0.15) is 0 Å². The third kappa shape index (κ3) is 6.54. The first-order valence-corrected chi connectivity index (χ1v) is 4.18. The van der Waals surface area contributed by atoms with Gasteiger partial charge in [0, 0.05) is 33.4 Å². The summed E-state index contributed by atoms with van der Waals surface area (Å²) >= 11 is 0. The lowest BCUT2D eigenvalue weighted by Gasteiger charge is -2.14. The molecule has 74 valence electrons. The monoisotopic (exact) mass is 176 g/mol. The summed E-state index contributed by atoms with van der Waals surface area (Å²) in [7, 11) is 3.35. The number of nitrogens with one attached hydrogen (secondary N) is 1. The summed E-state index contributed by atoms with van der Waals surface area (Å²) in [6.45, 7) is 4.19. The molecule has 4 nitrogen and oxygen atoms in total. The van der Waals surface area contributed by atoms with Crippen molar-refractivity contribution in [1.29, 1.82) is 0 Å². The quantitative estimate of drug-likeness (QED) is 0.553. The number of nitrogens with two attached hydrogens (primary N) is 1. The third-order valence-electron chi connectivity index (χ3n) is 1.62. The lowest BCUT2D eigenvalue weighted by atomic mass is 10.3. The topological polar surface area (TPSA) is 56.5 Å². The van der Waals surface area contributed by atoms with E-state index < -0.39 is 0 Å². The fourth-order valence-electron chi connectivity index (χ4n) is 0.828. The predicted octanol–water partition coefficient (Wildman–Crippen LogP) is -0.415. The molecule has 0 saturated carbocycles. The summed E-state index contributed by atoms with van der Waals surface area (Å²) in [6.07, 6.45) is 0.236. The fourth-order valence-corrected chi connectivity index (χ4v) is 0.828. The van der Waals surface area contributed by atoms with Crippen molar-refractivity contribution >= 4 is 0 Å². The zero-order valence-electron chi connectivity index (χ0n) is 8.17. The molecule has 0 heterocycles. The van der Waals surface area contributed by atoms with Gasteiger partial charge in [-0.15, -0.1) is 0 Å². The van der Waals surface area contributed by atoms with Crippen molar-refractivity contribution in [2.24, 2.45) is 5.73 Å². The second-order valence-corrected chi connectivity index (χ2v) is 2.92. The Morgan fingerprint density at radius 3 is 2.50 bits per heavy atom. The third-order valence-corrected chi connectivity index (χ3v) is 1.62. The van der Waals surface area contributed by atoms with E-state index in [0.717, 1.165) is 13.1 Å². The molecule has 2 atom stereocenters. The van der Waals surface area contributed by atoms with Crippen molar-refractivity contribution in [3.05, 3.63) is 0 Å². The van der Waals surface area contributed by atoms with Crippen molar-refractivity contribution < 1.29 is 9.47 Å². The predicted molar refractivity (Wildman–Crippen MR) is 49.2 cm³/mol. The SMILES string of the molecule is COCC(N)CNCC(C)OC. The molecule has 0 aliphatic rings. The van der Waals surface area contributed by atoms with Crippen LogP contribution in [0.5, 0.6) is 0 Å². The van der Waals surface area contributed by atoms with Crippen LogP contribution in [0.4, 0.5) is 0 Å². The summed E-state index contributed by atoms with van der Waals surface area (Å²) in [6, 6.07) is 0.0686. The van der Waals surface area contributed by atoms with Gasteiger partial charge in [-0.1, -0.05) is 0 Å². The zero-order chi connectivity index (χ0) is 9.40. The summed E-state index contributed by atoms with van der Waals surface area (Å²) in [5, 5.41) is 3.19. The van der Waals surface area contributed by atoms with Gasteiger partial charge in [-0.3, -0.25) is 0 Å². The van der Waals surface area contributed by atoms with Gasteiger partial charge in [0.15, 0.2) is 0 Å². The van der Waals surface area contributed by atoms with Crippen LogP contribution in [-0.2, 0) is 9.47 Å². The van der Waals surface area contributed by atoms with E-state index in [9.17, 15) is 0 Å². The molecule has 0 rings (SSSR count). The van der Waals surface area contributed by atoms with Gasteiger partial charge in [-0.05, 0) is 6.92 Å². The van der Waals surface area contributed by atoms with Crippen LogP contribution >= 0.6 is 0 Å². The minimum absolute atomic E-state index is 0.0686. The average Bonchev–Trinajstić information content (AvgIpc) is 2.04. The molecule has 0 aromatic carbocycles. The Hall–Kier alpha value is -0.160. The van der Waals surface area contributed by atoms with Crippen LogP contribution in [0.1, 0.15) is 6.92 Å². The van der Waals surface area contributed by atoms with Crippen molar-refractivity contribution in [2.45, 2.75) is 19.1 Å². The number of hydrogen-bond acceptors (Lipinski definition) is 4. The van der Waals surface area contributed by atoms with Gasteiger partial charge in [0.05, 0.1) is 12.7 Å². The Bertz CT molecular complexity index is 101. The van der Waals surface area contributed by atoms with Gasteiger partial charge in [-0.2, -0.15) is 0 Å². The summed E-state index contributed by atoms with van der Waals surface area (Å²) in [5.74, 6) is 0. The first-order valence-electron chi connectivity index (χ1n) is 4.18. The minimum Gasteiger partial charge on any atom is -0.383 e. The van der Waals surface area contributed by atoms with E-state index in [2.05, 4.69) is 5.32 Å². The molecule has 0 amide bonds. The van der Waals surface area contributed by atoms with Gasteiger partial charge >= 0.3 is 0 Å². The van der Waals surface area contributed by atoms with Crippen LogP contribution in [0.2, 0.25) is 0 Å². The van der Waals surface area contributed by atoms with E-state index >= 15 is 0 Å². The maximum Gasteiger partial charge on any atom is 0.0667 e. The van der Waals surface area contributed by atoms with E-state index in [0.29, 0.717) is 6.61 Å². The van der Waals surface area contributed by atoms with Crippen molar-refractivity contribution in [3.8, 4) is 0 Å². The number of ether oxygens (including phenoxy) is 2. The molecular formula is C8H20N2O2. The molecule has 0 aromatic heterocycles. The minimum atomic E-state index is 0.0686. The molecule has 0 aromatic rings. The van der Waals surface area contributed by atoms with E-state index in [1.807, 2.05) is 6.92 Å². The Balaban J connectivity index is 3.18. The van der Waals surface area contributed by atoms with Crippen molar-refractivity contribution in [3.63, 3.8) is 0 Å². The Morgan fingerprint density at radius 2 is 2.00 bits per heavy atom. The molecule has 0 aliphatic carbocycles. The summed E-state index contributed by atoms with van der Waals surface area (Å²) < 4.78 is 9.95. The first-order chi connectivity index (χ1) is 5.70. The molecule has 0 fully saturated rings. The Morgan fingerprint density at radius 1 is 1.33 bits per heavy atom. The van der Waals surface area contributed by atoms with Crippen LogP contribution in [0.15, 0.2) is 0 Å². The Labute approximate surface area is 74.4 Å². The second-order valence-electron chi connectivity index (χ2n) is 2.92. The lowest BCUT2D eigenvalue weighted by Crippen LogP contribution is -2.39. The van der Waals surface area contributed by atoms with Crippen molar-refractivity contribution in [2.75, 3.05) is 33.9 Å². The zero-order valence-corrected chi connectivity index (χ0v) is 8.17. The van der Waals surface area contributed by atoms with Gasteiger partial charge < -0.3 is 20.5 Å². The normalized spacial score (nSPS) is 16.0. The van der Waals surface area contributed by atoms with Crippen LogP contribution in [-0.4, -0.2) is 46.1 Å². The van der Waals surface area contributed by atoms with Crippen LogP contribution < -0.4 is 11.1 Å². The smallest absolute Gasteiger partial charge is 0.0667 e. The maximum atomic E-state index is 5.68. The molecule has 12 heavy (non-hydrogen) atoms. The molecule has 2 unspecified atom stereocenters. The highest BCUT2D eigenvalue weighted by atomic mass is 16.5. The van der Waals surface area contributed by atoms with Crippen molar-refractivity contribution in [1.82, 2.24) is 5.32 Å². The molecule has 4 heteroatoms.